The highest BCUT2D eigenvalue weighted by atomic mass is 16.4. The average Bonchev–Trinajstić information content (AvgIpc) is 3.52. The van der Waals surface area contributed by atoms with Crippen molar-refractivity contribution in [3.05, 3.63) is 89.2 Å². The van der Waals surface area contributed by atoms with Crippen LogP contribution in [0.25, 0.3) is 10.9 Å². The first kappa shape index (κ1) is 18.4. The Hall–Kier alpha value is -3.60. The predicted octanol–water partition coefficient (Wildman–Crippen LogP) is 5.71. The summed E-state index contributed by atoms with van der Waals surface area (Å²) in [5.41, 5.74) is 5.77. The molecule has 1 aliphatic carbocycles. The van der Waals surface area contributed by atoms with Gasteiger partial charge in [-0.05, 0) is 72.7 Å². The summed E-state index contributed by atoms with van der Waals surface area (Å²) in [6.07, 6.45) is 6.11. The Bertz CT molecular complexity index is 1250. The maximum absolute atomic E-state index is 11.7. The summed E-state index contributed by atoms with van der Waals surface area (Å²) in [6.45, 7) is 2.95. The van der Waals surface area contributed by atoms with Crippen LogP contribution in [0.3, 0.4) is 0 Å². The normalized spacial score (nSPS) is 13.5. The minimum Gasteiger partial charge on any atom is -0.478 e. The summed E-state index contributed by atoms with van der Waals surface area (Å²) in [4.78, 5) is 16.2. The number of nitrogens with one attached hydrogen (secondary N) is 1. The molecule has 1 saturated carbocycles. The van der Waals surface area contributed by atoms with E-state index in [0.29, 0.717) is 11.7 Å². The number of aromatic carboxylic acids is 1. The fourth-order valence-corrected chi connectivity index (χ4v) is 3.91. The Morgan fingerprint density at radius 2 is 2.00 bits per heavy atom. The van der Waals surface area contributed by atoms with Crippen LogP contribution in [0, 0.1) is 6.92 Å². The van der Waals surface area contributed by atoms with E-state index in [0.717, 1.165) is 41.5 Å². The zero-order valence-corrected chi connectivity index (χ0v) is 16.8. The monoisotopic (exact) mass is 397 g/mol. The number of hydrogen-bond acceptors (Lipinski definition) is 3. The summed E-state index contributed by atoms with van der Waals surface area (Å²) in [6, 6.07) is 18.3. The molecule has 5 rings (SSSR count). The lowest BCUT2D eigenvalue weighted by Crippen LogP contribution is -2.06. The van der Waals surface area contributed by atoms with Gasteiger partial charge in [0.05, 0.1) is 0 Å². The maximum atomic E-state index is 11.7. The Labute approximate surface area is 175 Å². The number of carbonyl (C=O) groups is 1. The first-order valence-electron chi connectivity index (χ1n) is 10.2. The molecule has 0 radical (unpaired) electrons. The van der Waals surface area contributed by atoms with E-state index >= 15 is 0 Å². The van der Waals surface area contributed by atoms with Crippen LogP contribution < -0.4 is 5.32 Å². The molecule has 0 saturated heterocycles. The molecule has 2 aromatic heterocycles. The van der Waals surface area contributed by atoms with Gasteiger partial charge in [-0.25, -0.2) is 9.78 Å². The third-order valence-corrected chi connectivity index (χ3v) is 5.82. The highest BCUT2D eigenvalue weighted by Crippen LogP contribution is 2.40. The summed E-state index contributed by atoms with van der Waals surface area (Å²) >= 11 is 0. The van der Waals surface area contributed by atoms with Gasteiger partial charge in [0.1, 0.15) is 11.4 Å². The SMILES string of the molecule is Cc1ccccc1Cn1ccc2cc(Nc3ncc(C4CC4)cc3C(=O)O)ccc21. The number of nitrogens with zero attached hydrogens (tertiary/aromatic N) is 2. The van der Waals surface area contributed by atoms with Crippen LogP contribution >= 0.6 is 0 Å². The van der Waals surface area contributed by atoms with E-state index in [4.69, 9.17) is 0 Å². The molecule has 0 atom stereocenters. The minimum atomic E-state index is -0.960. The fourth-order valence-electron chi connectivity index (χ4n) is 3.91. The van der Waals surface area contributed by atoms with E-state index in [1.807, 2.05) is 12.1 Å². The number of rotatable bonds is 6. The minimum absolute atomic E-state index is 0.219. The second kappa shape index (κ2) is 7.34. The van der Waals surface area contributed by atoms with Gasteiger partial charge in [0.2, 0.25) is 0 Å². The molecule has 30 heavy (non-hydrogen) atoms. The lowest BCUT2D eigenvalue weighted by molar-refractivity contribution is 0.0697. The third-order valence-electron chi connectivity index (χ3n) is 5.82. The number of carboxylic acids is 1. The molecule has 0 amide bonds. The van der Waals surface area contributed by atoms with Crippen LogP contribution in [-0.4, -0.2) is 20.6 Å². The van der Waals surface area contributed by atoms with Crippen molar-refractivity contribution >= 4 is 28.4 Å². The number of aryl methyl sites for hydroxylation is 1. The highest BCUT2D eigenvalue weighted by molar-refractivity contribution is 5.94. The van der Waals surface area contributed by atoms with Gasteiger partial charge >= 0.3 is 5.97 Å². The highest BCUT2D eigenvalue weighted by Gasteiger charge is 2.26. The van der Waals surface area contributed by atoms with Gasteiger partial charge < -0.3 is 15.0 Å². The topological polar surface area (TPSA) is 67.2 Å². The van der Waals surface area contributed by atoms with Crippen molar-refractivity contribution < 1.29 is 9.90 Å². The summed E-state index contributed by atoms with van der Waals surface area (Å²) in [5.74, 6) is -0.113. The molecular formula is C25H23N3O2. The number of hydrogen-bond donors (Lipinski definition) is 2. The molecule has 2 aromatic carbocycles. The van der Waals surface area contributed by atoms with Crippen LogP contribution in [0.5, 0.6) is 0 Å². The molecular weight excluding hydrogens is 374 g/mol. The molecule has 0 aliphatic heterocycles. The van der Waals surface area contributed by atoms with Gasteiger partial charge in [-0.15, -0.1) is 0 Å². The van der Waals surface area contributed by atoms with Gasteiger partial charge in [-0.3, -0.25) is 0 Å². The lowest BCUT2D eigenvalue weighted by atomic mass is 10.1. The molecule has 2 N–H and O–H groups in total. The van der Waals surface area contributed by atoms with E-state index in [9.17, 15) is 9.90 Å². The molecule has 5 heteroatoms. The Balaban J connectivity index is 1.42. The van der Waals surface area contributed by atoms with Crippen LogP contribution in [0.2, 0.25) is 0 Å². The van der Waals surface area contributed by atoms with Crippen molar-refractivity contribution in [3.63, 3.8) is 0 Å². The zero-order valence-electron chi connectivity index (χ0n) is 16.8. The summed E-state index contributed by atoms with van der Waals surface area (Å²) < 4.78 is 2.23. The molecule has 5 nitrogen and oxygen atoms in total. The van der Waals surface area contributed by atoms with Crippen molar-refractivity contribution in [1.29, 1.82) is 0 Å². The van der Waals surface area contributed by atoms with Crippen molar-refractivity contribution in [2.45, 2.75) is 32.2 Å². The van der Waals surface area contributed by atoms with Crippen molar-refractivity contribution in [1.82, 2.24) is 9.55 Å². The molecule has 0 bridgehead atoms. The number of aromatic nitrogens is 2. The van der Waals surface area contributed by atoms with Gasteiger partial charge in [0, 0.05) is 35.5 Å². The second-order valence-electron chi connectivity index (χ2n) is 8.01. The predicted molar refractivity (Wildman–Crippen MR) is 119 cm³/mol. The molecule has 150 valence electrons. The second-order valence-corrected chi connectivity index (χ2v) is 8.01. The standard InChI is InChI=1S/C25H23N3O2/c1-16-4-2-3-5-19(16)15-28-11-10-18-12-21(8-9-23(18)28)27-24-22(25(29)30)13-20(14-26-24)17-6-7-17/h2-5,8-14,17H,6-7,15H2,1H3,(H,26,27)(H,29,30). The molecule has 1 fully saturated rings. The molecule has 4 aromatic rings. The largest absolute Gasteiger partial charge is 0.478 e. The van der Waals surface area contributed by atoms with Gasteiger partial charge in [-0.1, -0.05) is 24.3 Å². The van der Waals surface area contributed by atoms with E-state index < -0.39 is 5.97 Å². The number of carboxylic acid groups (broad SMARTS) is 1. The van der Waals surface area contributed by atoms with Crippen molar-refractivity contribution in [3.8, 4) is 0 Å². The molecule has 2 heterocycles. The fraction of sp³-hybridized carbons (Fsp3) is 0.200. The van der Waals surface area contributed by atoms with E-state index in [2.05, 4.69) is 64.4 Å². The number of pyridine rings is 1. The van der Waals surface area contributed by atoms with Crippen molar-refractivity contribution in [2.24, 2.45) is 0 Å². The molecule has 1 aliphatic rings. The Morgan fingerprint density at radius 3 is 2.77 bits per heavy atom. The third kappa shape index (κ3) is 3.54. The van der Waals surface area contributed by atoms with E-state index in [1.165, 1.54) is 11.1 Å². The lowest BCUT2D eigenvalue weighted by Gasteiger charge is -2.11. The van der Waals surface area contributed by atoms with Crippen molar-refractivity contribution in [2.75, 3.05) is 5.32 Å². The van der Waals surface area contributed by atoms with Gasteiger partial charge in [0.15, 0.2) is 0 Å². The van der Waals surface area contributed by atoms with Crippen LogP contribution in [0.15, 0.2) is 67.0 Å². The first-order chi connectivity index (χ1) is 14.6. The number of fused-ring (bicyclic) bond motifs is 1. The maximum Gasteiger partial charge on any atom is 0.339 e. The number of benzene rings is 2. The zero-order chi connectivity index (χ0) is 20.7. The summed E-state index contributed by atoms with van der Waals surface area (Å²) in [5, 5.41) is 13.9. The van der Waals surface area contributed by atoms with Crippen LogP contribution in [0.4, 0.5) is 11.5 Å². The smallest absolute Gasteiger partial charge is 0.339 e. The molecule has 0 unspecified atom stereocenters. The summed E-state index contributed by atoms with van der Waals surface area (Å²) in [7, 11) is 0. The van der Waals surface area contributed by atoms with Gasteiger partial charge in [0.25, 0.3) is 0 Å². The van der Waals surface area contributed by atoms with Gasteiger partial charge in [-0.2, -0.15) is 0 Å². The Kier molecular flexibility index (Phi) is 4.51. The number of anilines is 2. The van der Waals surface area contributed by atoms with E-state index in [-0.39, 0.29) is 5.56 Å². The first-order valence-corrected chi connectivity index (χ1v) is 10.2. The quantitative estimate of drug-likeness (QED) is 0.437. The van der Waals surface area contributed by atoms with E-state index in [1.54, 1.807) is 12.3 Å². The van der Waals surface area contributed by atoms with Crippen LogP contribution in [-0.2, 0) is 6.54 Å². The molecule has 0 spiro atoms. The Morgan fingerprint density at radius 1 is 1.17 bits per heavy atom. The average molecular weight is 397 g/mol. The van der Waals surface area contributed by atoms with Crippen LogP contribution in [0.1, 0.15) is 45.8 Å².